The van der Waals surface area contributed by atoms with Crippen LogP contribution < -0.4 is 20.3 Å². The van der Waals surface area contributed by atoms with Crippen molar-refractivity contribution in [3.05, 3.63) is 41.2 Å². The number of methoxy groups -OCH3 is 2. The Morgan fingerprint density at radius 1 is 1.04 bits per heavy atom. The van der Waals surface area contributed by atoms with E-state index in [4.69, 9.17) is 9.47 Å². The van der Waals surface area contributed by atoms with E-state index < -0.39 is 0 Å². The predicted molar refractivity (Wildman–Crippen MR) is 95.9 cm³/mol. The summed E-state index contributed by atoms with van der Waals surface area (Å²) >= 11 is 0. The van der Waals surface area contributed by atoms with Crippen molar-refractivity contribution in [1.82, 2.24) is 20.6 Å². The first-order valence-electron chi connectivity index (χ1n) is 8.22. The first-order valence-corrected chi connectivity index (χ1v) is 8.22. The van der Waals surface area contributed by atoms with Crippen LogP contribution in [0.4, 0.5) is 0 Å². The number of hydrogen-bond donors (Lipinski definition) is 2. The average Bonchev–Trinajstić information content (AvgIpc) is 2.94. The van der Waals surface area contributed by atoms with E-state index in [1.54, 1.807) is 25.0 Å². The molecule has 0 aliphatic heterocycles. The minimum atomic E-state index is -0.337. The van der Waals surface area contributed by atoms with Gasteiger partial charge in [-0.2, -0.15) is 5.10 Å². The van der Waals surface area contributed by atoms with Crippen LogP contribution in [-0.2, 0) is 22.6 Å². The maximum atomic E-state index is 11.9. The van der Waals surface area contributed by atoms with Gasteiger partial charge >= 0.3 is 0 Å². The minimum absolute atomic E-state index is 0.0512. The number of aromatic nitrogens is 2. The molecule has 0 radical (unpaired) electrons. The summed E-state index contributed by atoms with van der Waals surface area (Å²) in [5.41, 5.74) is 7.48. The molecule has 0 atom stereocenters. The highest BCUT2D eigenvalue weighted by molar-refractivity contribution is 5.81. The molecule has 0 bridgehead atoms. The Kier molecular flexibility index (Phi) is 6.60. The van der Waals surface area contributed by atoms with Gasteiger partial charge in [0.25, 0.3) is 5.91 Å². The van der Waals surface area contributed by atoms with Gasteiger partial charge in [0.2, 0.25) is 5.91 Å². The van der Waals surface area contributed by atoms with E-state index >= 15 is 0 Å². The highest BCUT2D eigenvalue weighted by Gasteiger charge is 2.10. The lowest BCUT2D eigenvalue weighted by Gasteiger charge is -2.10. The molecule has 8 nitrogen and oxygen atoms in total. The van der Waals surface area contributed by atoms with E-state index in [0.29, 0.717) is 17.9 Å². The smallest absolute Gasteiger partial charge is 0.260 e. The standard InChI is InChI=1S/C18H24N4O4/c1-12-9-13(2)22(21-12)11-18(24)20-19-17(23)8-6-14-5-7-15(25-3)16(10-14)26-4/h5,7,9-10H,6,8,11H2,1-4H3,(H,19,23)(H,20,24). The van der Waals surface area contributed by atoms with E-state index in [1.807, 2.05) is 32.0 Å². The third-order valence-electron chi connectivity index (χ3n) is 3.83. The fourth-order valence-corrected chi connectivity index (χ4v) is 2.51. The molecule has 1 aromatic carbocycles. The Hall–Kier alpha value is -3.03. The van der Waals surface area contributed by atoms with Crippen molar-refractivity contribution in [3.8, 4) is 11.5 Å². The minimum Gasteiger partial charge on any atom is -0.493 e. The van der Waals surface area contributed by atoms with Crippen LogP contribution in [0.3, 0.4) is 0 Å². The van der Waals surface area contributed by atoms with Crippen molar-refractivity contribution in [2.24, 2.45) is 0 Å². The van der Waals surface area contributed by atoms with Crippen molar-refractivity contribution in [3.63, 3.8) is 0 Å². The molecule has 0 saturated carbocycles. The third kappa shape index (κ3) is 5.23. The van der Waals surface area contributed by atoms with Crippen molar-refractivity contribution in [2.75, 3.05) is 14.2 Å². The normalized spacial score (nSPS) is 10.3. The summed E-state index contributed by atoms with van der Waals surface area (Å²) < 4.78 is 12.0. The van der Waals surface area contributed by atoms with Crippen LogP contribution in [-0.4, -0.2) is 35.8 Å². The number of hydrazine groups is 1. The topological polar surface area (TPSA) is 94.5 Å². The summed E-state index contributed by atoms with van der Waals surface area (Å²) in [6.45, 7) is 3.78. The number of hydrogen-bond acceptors (Lipinski definition) is 5. The summed E-state index contributed by atoms with van der Waals surface area (Å²) in [7, 11) is 3.13. The Bertz CT molecular complexity index is 785. The molecule has 1 heterocycles. The summed E-state index contributed by atoms with van der Waals surface area (Å²) in [4.78, 5) is 23.8. The van der Waals surface area contributed by atoms with Gasteiger partial charge in [-0.05, 0) is 44.0 Å². The Morgan fingerprint density at radius 3 is 2.35 bits per heavy atom. The fourth-order valence-electron chi connectivity index (χ4n) is 2.51. The number of carbonyl (C=O) groups excluding carboxylic acids is 2. The van der Waals surface area contributed by atoms with Crippen molar-refractivity contribution in [2.45, 2.75) is 33.2 Å². The zero-order chi connectivity index (χ0) is 19.1. The number of rotatable bonds is 7. The van der Waals surface area contributed by atoms with Crippen LogP contribution >= 0.6 is 0 Å². The average molecular weight is 360 g/mol. The van der Waals surface area contributed by atoms with Gasteiger partial charge in [-0.1, -0.05) is 6.07 Å². The third-order valence-corrected chi connectivity index (χ3v) is 3.83. The lowest BCUT2D eigenvalue weighted by atomic mass is 10.1. The van der Waals surface area contributed by atoms with E-state index in [9.17, 15) is 9.59 Å². The molecule has 0 saturated heterocycles. The van der Waals surface area contributed by atoms with Crippen LogP contribution in [0.15, 0.2) is 24.3 Å². The van der Waals surface area contributed by atoms with Crippen molar-refractivity contribution < 1.29 is 19.1 Å². The molecule has 0 spiro atoms. The zero-order valence-electron chi connectivity index (χ0n) is 15.5. The van der Waals surface area contributed by atoms with E-state index in [1.165, 1.54) is 0 Å². The number of aryl methyl sites for hydroxylation is 3. The monoisotopic (exact) mass is 360 g/mol. The second-order valence-corrected chi connectivity index (χ2v) is 5.87. The molecule has 8 heteroatoms. The lowest BCUT2D eigenvalue weighted by molar-refractivity contribution is -0.129. The molecule has 1 aromatic heterocycles. The van der Waals surface area contributed by atoms with Crippen LogP contribution in [0.25, 0.3) is 0 Å². The highest BCUT2D eigenvalue weighted by Crippen LogP contribution is 2.27. The summed E-state index contributed by atoms with van der Waals surface area (Å²) in [6.07, 6.45) is 0.745. The lowest BCUT2D eigenvalue weighted by Crippen LogP contribution is -2.43. The van der Waals surface area contributed by atoms with Crippen molar-refractivity contribution in [1.29, 1.82) is 0 Å². The quantitative estimate of drug-likeness (QED) is 0.726. The number of amides is 2. The van der Waals surface area contributed by atoms with Crippen LogP contribution in [0.5, 0.6) is 11.5 Å². The van der Waals surface area contributed by atoms with Gasteiger partial charge in [-0.3, -0.25) is 25.1 Å². The molecule has 2 amide bonds. The molecule has 0 fully saturated rings. The van der Waals surface area contributed by atoms with E-state index in [2.05, 4.69) is 16.0 Å². The maximum absolute atomic E-state index is 11.9. The van der Waals surface area contributed by atoms with Gasteiger partial charge in [-0.25, -0.2) is 0 Å². The molecule has 0 unspecified atom stereocenters. The van der Waals surface area contributed by atoms with E-state index in [-0.39, 0.29) is 24.8 Å². The summed E-state index contributed by atoms with van der Waals surface area (Å²) in [5.74, 6) is 0.637. The molecule has 2 N–H and O–H groups in total. The van der Waals surface area contributed by atoms with Crippen LogP contribution in [0.2, 0.25) is 0 Å². The Morgan fingerprint density at radius 2 is 1.73 bits per heavy atom. The van der Waals surface area contributed by atoms with Gasteiger partial charge in [-0.15, -0.1) is 0 Å². The highest BCUT2D eigenvalue weighted by atomic mass is 16.5. The molecule has 0 aliphatic carbocycles. The SMILES string of the molecule is COc1ccc(CCC(=O)NNC(=O)Cn2nc(C)cc2C)cc1OC. The molecule has 0 aliphatic rings. The molecule has 2 rings (SSSR count). The second-order valence-electron chi connectivity index (χ2n) is 5.87. The van der Waals surface area contributed by atoms with Gasteiger partial charge in [0, 0.05) is 12.1 Å². The number of nitrogens with zero attached hydrogens (tertiary/aromatic N) is 2. The zero-order valence-corrected chi connectivity index (χ0v) is 15.5. The first kappa shape index (κ1) is 19.3. The molecular weight excluding hydrogens is 336 g/mol. The second kappa shape index (κ2) is 8.89. The van der Waals surface area contributed by atoms with Crippen LogP contribution in [0, 0.1) is 13.8 Å². The van der Waals surface area contributed by atoms with Gasteiger partial charge < -0.3 is 9.47 Å². The first-order chi connectivity index (χ1) is 12.4. The Balaban J connectivity index is 1.78. The van der Waals surface area contributed by atoms with Crippen LogP contribution in [0.1, 0.15) is 23.4 Å². The largest absolute Gasteiger partial charge is 0.493 e. The number of benzene rings is 1. The summed E-state index contributed by atoms with van der Waals surface area (Å²) in [5, 5.41) is 4.20. The Labute approximate surface area is 152 Å². The summed E-state index contributed by atoms with van der Waals surface area (Å²) in [6, 6.07) is 7.38. The predicted octanol–water partition coefficient (Wildman–Crippen LogP) is 1.30. The fraction of sp³-hybridized carbons (Fsp3) is 0.389. The van der Waals surface area contributed by atoms with Gasteiger partial charge in [0.05, 0.1) is 19.9 Å². The number of ether oxygens (including phenoxy) is 2. The number of nitrogens with one attached hydrogen (secondary N) is 2. The molecule has 140 valence electrons. The van der Waals surface area contributed by atoms with Crippen molar-refractivity contribution >= 4 is 11.8 Å². The van der Waals surface area contributed by atoms with Gasteiger partial charge in [0.1, 0.15) is 6.54 Å². The number of carbonyl (C=O) groups is 2. The maximum Gasteiger partial charge on any atom is 0.260 e. The molecule has 2 aromatic rings. The van der Waals surface area contributed by atoms with E-state index in [0.717, 1.165) is 17.0 Å². The molecule has 26 heavy (non-hydrogen) atoms. The van der Waals surface area contributed by atoms with Gasteiger partial charge in [0.15, 0.2) is 11.5 Å². The molecular formula is C18H24N4O4.